The number of carbonyl (C=O) groups is 1. The van der Waals surface area contributed by atoms with Crippen LogP contribution in [0.5, 0.6) is 5.75 Å². The van der Waals surface area contributed by atoms with Gasteiger partial charge in [-0.1, -0.05) is 48.5 Å². The van der Waals surface area contributed by atoms with Crippen LogP contribution < -0.4 is 0 Å². The molecule has 1 heterocycles. The van der Waals surface area contributed by atoms with E-state index in [0.29, 0.717) is 5.56 Å². The number of carbonyl (C=O) groups excluding carboxylic acids is 1. The number of hydrogen-bond donors (Lipinski definition) is 1. The highest BCUT2D eigenvalue weighted by Gasteiger charge is 2.21. The molecule has 0 spiro atoms. The van der Waals surface area contributed by atoms with Gasteiger partial charge in [0.25, 0.3) is 0 Å². The maximum absolute atomic E-state index is 11.8. The first-order chi connectivity index (χ1) is 10.7. The molecule has 108 valence electrons. The zero-order chi connectivity index (χ0) is 15.4. The minimum atomic E-state index is -0.532. The van der Waals surface area contributed by atoms with Crippen molar-refractivity contribution >= 4 is 24.0 Å². The van der Waals surface area contributed by atoms with Crippen LogP contribution in [-0.4, -0.2) is 17.0 Å². The van der Waals surface area contributed by atoms with Crippen LogP contribution in [0.15, 0.2) is 71.4 Å². The van der Waals surface area contributed by atoms with Crippen LogP contribution in [0.2, 0.25) is 0 Å². The lowest BCUT2D eigenvalue weighted by molar-refractivity contribution is -0.129. The summed E-state index contributed by atoms with van der Waals surface area (Å²) in [6.45, 7) is 0. The molecule has 0 bridgehead atoms. The average molecular weight is 291 g/mol. The van der Waals surface area contributed by atoms with Crippen molar-refractivity contribution in [3.05, 3.63) is 77.5 Å². The van der Waals surface area contributed by atoms with Crippen LogP contribution in [0.3, 0.4) is 0 Å². The van der Waals surface area contributed by atoms with Crippen molar-refractivity contribution in [2.75, 3.05) is 0 Å². The van der Waals surface area contributed by atoms with Crippen molar-refractivity contribution < 1.29 is 14.6 Å². The zero-order valence-corrected chi connectivity index (χ0v) is 11.6. The fourth-order valence-electron chi connectivity index (χ4n) is 1.99. The van der Waals surface area contributed by atoms with E-state index in [9.17, 15) is 9.90 Å². The first-order valence-electron chi connectivity index (χ1n) is 6.76. The number of rotatable bonds is 3. The number of aliphatic imine (C=N–C) groups is 1. The molecule has 0 unspecified atom stereocenters. The Hall–Kier alpha value is -3.14. The van der Waals surface area contributed by atoms with Crippen LogP contribution in [0, 0.1) is 0 Å². The van der Waals surface area contributed by atoms with Gasteiger partial charge < -0.3 is 9.84 Å². The molecule has 1 aliphatic heterocycles. The van der Waals surface area contributed by atoms with E-state index in [2.05, 4.69) is 4.99 Å². The molecule has 0 saturated heterocycles. The second kappa shape index (κ2) is 6.10. The highest BCUT2D eigenvalue weighted by molar-refractivity contribution is 6.11. The molecule has 2 aromatic carbocycles. The predicted octanol–water partition coefficient (Wildman–Crippen LogP) is 3.40. The molecular weight excluding hydrogens is 278 g/mol. The number of esters is 1. The third-order valence-corrected chi connectivity index (χ3v) is 3.08. The molecule has 4 nitrogen and oxygen atoms in total. The van der Waals surface area contributed by atoms with E-state index in [1.165, 1.54) is 6.08 Å². The van der Waals surface area contributed by atoms with Crippen molar-refractivity contribution in [2.45, 2.75) is 0 Å². The molecule has 0 radical (unpaired) electrons. The Morgan fingerprint density at radius 2 is 1.68 bits per heavy atom. The summed E-state index contributed by atoms with van der Waals surface area (Å²) in [5.74, 6) is -0.210. The normalized spacial score (nSPS) is 16.1. The Morgan fingerprint density at radius 3 is 2.45 bits per heavy atom. The molecule has 4 heteroatoms. The van der Waals surface area contributed by atoms with Crippen LogP contribution in [0.4, 0.5) is 0 Å². The van der Waals surface area contributed by atoms with Crippen LogP contribution in [-0.2, 0) is 9.53 Å². The molecule has 0 atom stereocenters. The molecule has 1 aliphatic rings. The van der Waals surface area contributed by atoms with Gasteiger partial charge in [0, 0.05) is 11.6 Å². The summed E-state index contributed by atoms with van der Waals surface area (Å²) in [5, 5.41) is 9.72. The van der Waals surface area contributed by atoms with Gasteiger partial charge in [0.15, 0.2) is 5.70 Å². The van der Waals surface area contributed by atoms with Gasteiger partial charge in [-0.3, -0.25) is 0 Å². The number of nitrogens with zero attached hydrogens (tertiary/aromatic N) is 1. The van der Waals surface area contributed by atoms with Gasteiger partial charge >= 0.3 is 5.97 Å². The Balaban J connectivity index is 1.83. The number of phenolic OH excluding ortho intramolecular Hbond substituents is 1. The van der Waals surface area contributed by atoms with Gasteiger partial charge in [0.05, 0.1) is 0 Å². The summed E-state index contributed by atoms with van der Waals surface area (Å²) in [4.78, 5) is 15.9. The lowest BCUT2D eigenvalue weighted by Crippen LogP contribution is -2.01. The van der Waals surface area contributed by atoms with Crippen molar-refractivity contribution in [1.82, 2.24) is 0 Å². The van der Waals surface area contributed by atoms with Crippen molar-refractivity contribution in [3.63, 3.8) is 0 Å². The second-order valence-corrected chi connectivity index (χ2v) is 4.67. The number of phenols is 1. The van der Waals surface area contributed by atoms with Crippen molar-refractivity contribution in [3.8, 4) is 5.75 Å². The summed E-state index contributed by atoms with van der Waals surface area (Å²) in [6.07, 6.45) is 4.95. The summed E-state index contributed by atoms with van der Waals surface area (Å²) in [7, 11) is 0. The minimum absolute atomic E-state index is 0.0891. The quantitative estimate of drug-likeness (QED) is 0.696. The molecular formula is C18H13NO3. The smallest absolute Gasteiger partial charge is 0.363 e. The van der Waals surface area contributed by atoms with E-state index in [1.807, 2.05) is 36.4 Å². The highest BCUT2D eigenvalue weighted by Crippen LogP contribution is 2.22. The van der Waals surface area contributed by atoms with E-state index in [1.54, 1.807) is 30.3 Å². The number of cyclic esters (lactones) is 1. The molecule has 0 saturated carbocycles. The van der Waals surface area contributed by atoms with Crippen LogP contribution in [0.25, 0.3) is 12.2 Å². The Morgan fingerprint density at radius 1 is 0.955 bits per heavy atom. The summed E-state index contributed by atoms with van der Waals surface area (Å²) in [5.41, 5.74) is 1.67. The van der Waals surface area contributed by atoms with Crippen molar-refractivity contribution in [2.24, 2.45) is 4.99 Å². The molecule has 2 aromatic rings. The lowest BCUT2D eigenvalue weighted by Gasteiger charge is -1.97. The van der Waals surface area contributed by atoms with Gasteiger partial charge in [-0.15, -0.1) is 0 Å². The second-order valence-electron chi connectivity index (χ2n) is 4.67. The largest absolute Gasteiger partial charge is 0.507 e. The number of hydrogen-bond acceptors (Lipinski definition) is 4. The minimum Gasteiger partial charge on any atom is -0.507 e. The maximum atomic E-state index is 11.8. The van der Waals surface area contributed by atoms with Crippen LogP contribution in [0.1, 0.15) is 11.1 Å². The molecule has 1 N–H and O–H groups in total. The van der Waals surface area contributed by atoms with E-state index >= 15 is 0 Å². The SMILES string of the molecule is O=C1OC(C=Cc2ccccc2)=NC1=Cc1ccccc1O. The molecule has 0 amide bonds. The van der Waals surface area contributed by atoms with Crippen molar-refractivity contribution in [1.29, 1.82) is 0 Å². The number of ether oxygens (including phenoxy) is 1. The lowest BCUT2D eigenvalue weighted by atomic mass is 10.1. The average Bonchev–Trinajstić information content (AvgIpc) is 2.89. The zero-order valence-electron chi connectivity index (χ0n) is 11.6. The standard InChI is InChI=1S/C18H13NO3/c20-16-9-5-4-8-14(16)12-15-18(21)22-17(19-15)11-10-13-6-2-1-3-7-13/h1-12,20H. The monoisotopic (exact) mass is 291 g/mol. The van der Waals surface area contributed by atoms with Gasteiger partial charge in [-0.05, 0) is 23.8 Å². The molecule has 0 aromatic heterocycles. The van der Waals surface area contributed by atoms with Crippen LogP contribution >= 0.6 is 0 Å². The summed E-state index contributed by atoms with van der Waals surface area (Å²) >= 11 is 0. The first-order valence-corrected chi connectivity index (χ1v) is 6.76. The Labute approximate surface area is 127 Å². The molecule has 3 rings (SSSR count). The topological polar surface area (TPSA) is 58.9 Å². The van der Waals surface area contributed by atoms with E-state index in [-0.39, 0.29) is 17.3 Å². The third kappa shape index (κ3) is 3.12. The molecule has 0 aliphatic carbocycles. The fourth-order valence-corrected chi connectivity index (χ4v) is 1.99. The Bertz CT molecular complexity index is 789. The highest BCUT2D eigenvalue weighted by atomic mass is 16.6. The molecule has 0 fully saturated rings. The van der Waals surface area contributed by atoms with E-state index in [0.717, 1.165) is 5.56 Å². The van der Waals surface area contributed by atoms with Gasteiger partial charge in [0.2, 0.25) is 5.90 Å². The van der Waals surface area contributed by atoms with E-state index < -0.39 is 5.97 Å². The summed E-state index contributed by atoms with van der Waals surface area (Å²) in [6, 6.07) is 16.4. The maximum Gasteiger partial charge on any atom is 0.363 e. The number of benzene rings is 2. The van der Waals surface area contributed by atoms with Gasteiger partial charge in [-0.2, -0.15) is 0 Å². The first kappa shape index (κ1) is 13.8. The number of para-hydroxylation sites is 1. The number of aromatic hydroxyl groups is 1. The van der Waals surface area contributed by atoms with Gasteiger partial charge in [-0.25, -0.2) is 9.79 Å². The Kier molecular flexibility index (Phi) is 3.83. The predicted molar refractivity (Wildman–Crippen MR) is 85.1 cm³/mol. The summed E-state index contributed by atoms with van der Waals surface area (Å²) < 4.78 is 5.08. The van der Waals surface area contributed by atoms with Gasteiger partial charge in [0.1, 0.15) is 5.75 Å². The fraction of sp³-hybridized carbons (Fsp3) is 0. The van der Waals surface area contributed by atoms with E-state index in [4.69, 9.17) is 4.74 Å². The third-order valence-electron chi connectivity index (χ3n) is 3.08. The molecule has 22 heavy (non-hydrogen) atoms.